The molecule has 1 atom stereocenters. The van der Waals surface area contributed by atoms with Gasteiger partial charge >= 0.3 is 0 Å². The maximum absolute atomic E-state index is 12.3. The van der Waals surface area contributed by atoms with Crippen molar-refractivity contribution >= 4 is 58.0 Å². The Morgan fingerprint density at radius 2 is 1.65 bits per heavy atom. The summed E-state index contributed by atoms with van der Waals surface area (Å²) in [6.07, 6.45) is 0. The molecule has 2 N–H and O–H groups in total. The summed E-state index contributed by atoms with van der Waals surface area (Å²) in [7, 11) is 1.68. The van der Waals surface area contributed by atoms with Crippen molar-refractivity contribution in [1.29, 1.82) is 0 Å². The second kappa shape index (κ2) is 9.24. The fourth-order valence-corrected chi connectivity index (χ4v) is 2.85. The Hall–Kier alpha value is -1.79. The predicted octanol–water partition coefficient (Wildman–Crippen LogP) is 4.54. The Bertz CT molecular complexity index is 794. The SMILES string of the molecule is CC(C(=O)Nc1cccc(Cl)c1)N(C)CC(=O)Nc1c(Cl)cccc1Cl. The lowest BCUT2D eigenvalue weighted by molar-refractivity contribution is -0.122. The first kappa shape index (κ1) is 20.5. The minimum absolute atomic E-state index is 0.00825. The van der Waals surface area contributed by atoms with Crippen LogP contribution in [0, 0.1) is 0 Å². The summed E-state index contributed by atoms with van der Waals surface area (Å²) in [6.45, 7) is 1.70. The number of para-hydroxylation sites is 1. The standard InChI is InChI=1S/C18H18Cl3N3O2/c1-11(18(26)22-13-6-3-5-12(19)9-13)24(2)10-16(25)23-17-14(20)7-4-8-15(17)21/h3-9,11H,10H2,1-2H3,(H,22,26)(H,23,25). The zero-order chi connectivity index (χ0) is 19.3. The quantitative estimate of drug-likeness (QED) is 0.729. The number of likely N-dealkylation sites (N-methyl/N-ethyl adjacent to an activating group) is 1. The number of halogens is 3. The van der Waals surface area contributed by atoms with E-state index in [1.54, 1.807) is 61.3 Å². The van der Waals surface area contributed by atoms with Crippen molar-refractivity contribution in [3.8, 4) is 0 Å². The number of hydrogen-bond acceptors (Lipinski definition) is 3. The first-order valence-electron chi connectivity index (χ1n) is 7.78. The van der Waals surface area contributed by atoms with Crippen LogP contribution in [-0.2, 0) is 9.59 Å². The molecule has 2 aromatic rings. The molecule has 0 saturated heterocycles. The molecular weight excluding hydrogens is 397 g/mol. The van der Waals surface area contributed by atoms with Crippen LogP contribution in [-0.4, -0.2) is 36.3 Å². The Kier molecular flexibility index (Phi) is 7.29. The van der Waals surface area contributed by atoms with E-state index in [2.05, 4.69) is 10.6 Å². The summed E-state index contributed by atoms with van der Waals surface area (Å²) < 4.78 is 0. The van der Waals surface area contributed by atoms with Crippen LogP contribution in [0.25, 0.3) is 0 Å². The van der Waals surface area contributed by atoms with Gasteiger partial charge in [-0.3, -0.25) is 14.5 Å². The Morgan fingerprint density at radius 1 is 1.04 bits per heavy atom. The van der Waals surface area contributed by atoms with Crippen molar-refractivity contribution in [2.75, 3.05) is 24.2 Å². The number of amides is 2. The largest absolute Gasteiger partial charge is 0.325 e. The van der Waals surface area contributed by atoms with E-state index in [0.29, 0.717) is 26.4 Å². The van der Waals surface area contributed by atoms with E-state index >= 15 is 0 Å². The van der Waals surface area contributed by atoms with Gasteiger partial charge in [-0.15, -0.1) is 0 Å². The predicted molar refractivity (Wildman–Crippen MR) is 107 cm³/mol. The monoisotopic (exact) mass is 413 g/mol. The minimum Gasteiger partial charge on any atom is -0.325 e. The van der Waals surface area contributed by atoms with Gasteiger partial charge in [-0.1, -0.05) is 46.9 Å². The van der Waals surface area contributed by atoms with Crippen LogP contribution in [0.1, 0.15) is 6.92 Å². The first-order valence-corrected chi connectivity index (χ1v) is 8.92. The maximum atomic E-state index is 12.3. The molecule has 2 aromatic carbocycles. The number of nitrogens with zero attached hydrogens (tertiary/aromatic N) is 1. The molecular formula is C18H18Cl3N3O2. The number of carbonyl (C=O) groups is 2. The molecule has 0 aliphatic carbocycles. The van der Waals surface area contributed by atoms with Gasteiger partial charge in [-0.25, -0.2) is 0 Å². The van der Waals surface area contributed by atoms with Gasteiger partial charge in [0, 0.05) is 10.7 Å². The number of nitrogens with one attached hydrogen (secondary N) is 2. The van der Waals surface area contributed by atoms with Crippen molar-refractivity contribution in [3.63, 3.8) is 0 Å². The van der Waals surface area contributed by atoms with Crippen LogP contribution in [0.15, 0.2) is 42.5 Å². The zero-order valence-corrected chi connectivity index (χ0v) is 16.5. The van der Waals surface area contributed by atoms with Gasteiger partial charge in [0.2, 0.25) is 11.8 Å². The molecule has 0 saturated carbocycles. The Labute approximate surface area is 167 Å². The van der Waals surface area contributed by atoms with Crippen LogP contribution in [0.2, 0.25) is 15.1 Å². The summed E-state index contributed by atoms with van der Waals surface area (Å²) in [6, 6.07) is 11.3. The highest BCUT2D eigenvalue weighted by Crippen LogP contribution is 2.29. The van der Waals surface area contributed by atoms with Crippen molar-refractivity contribution in [2.45, 2.75) is 13.0 Å². The van der Waals surface area contributed by atoms with E-state index in [1.165, 1.54) is 0 Å². The van der Waals surface area contributed by atoms with Crippen LogP contribution < -0.4 is 10.6 Å². The molecule has 0 fully saturated rings. The Balaban J connectivity index is 1.94. The number of rotatable bonds is 6. The van der Waals surface area contributed by atoms with Gasteiger partial charge in [0.25, 0.3) is 0 Å². The highest BCUT2D eigenvalue weighted by molar-refractivity contribution is 6.39. The highest BCUT2D eigenvalue weighted by Gasteiger charge is 2.21. The van der Waals surface area contributed by atoms with E-state index in [4.69, 9.17) is 34.8 Å². The van der Waals surface area contributed by atoms with Crippen LogP contribution in [0.5, 0.6) is 0 Å². The summed E-state index contributed by atoms with van der Waals surface area (Å²) in [5.74, 6) is -0.580. The molecule has 2 rings (SSSR count). The fraction of sp³-hybridized carbons (Fsp3) is 0.222. The van der Waals surface area contributed by atoms with Crippen molar-refractivity contribution in [3.05, 3.63) is 57.5 Å². The molecule has 0 aromatic heterocycles. The Morgan fingerprint density at radius 3 is 2.27 bits per heavy atom. The molecule has 0 heterocycles. The number of benzene rings is 2. The number of carbonyl (C=O) groups excluding carboxylic acids is 2. The average molecular weight is 415 g/mol. The molecule has 0 spiro atoms. The van der Waals surface area contributed by atoms with Crippen molar-refractivity contribution < 1.29 is 9.59 Å². The van der Waals surface area contributed by atoms with Crippen molar-refractivity contribution in [2.24, 2.45) is 0 Å². The molecule has 5 nitrogen and oxygen atoms in total. The lowest BCUT2D eigenvalue weighted by Gasteiger charge is -2.23. The lowest BCUT2D eigenvalue weighted by Crippen LogP contribution is -2.43. The molecule has 138 valence electrons. The second-order valence-electron chi connectivity index (χ2n) is 5.74. The highest BCUT2D eigenvalue weighted by atomic mass is 35.5. The zero-order valence-electron chi connectivity index (χ0n) is 14.2. The molecule has 1 unspecified atom stereocenters. The molecule has 2 amide bonds. The summed E-state index contributed by atoms with van der Waals surface area (Å²) in [5.41, 5.74) is 0.945. The van der Waals surface area contributed by atoms with Gasteiger partial charge in [0.1, 0.15) is 0 Å². The topological polar surface area (TPSA) is 61.4 Å². The summed E-state index contributed by atoms with van der Waals surface area (Å²) in [4.78, 5) is 26.2. The van der Waals surface area contributed by atoms with Crippen molar-refractivity contribution in [1.82, 2.24) is 4.90 Å². The van der Waals surface area contributed by atoms with Gasteiger partial charge in [-0.2, -0.15) is 0 Å². The number of anilines is 2. The van der Waals surface area contributed by atoms with Crippen LogP contribution >= 0.6 is 34.8 Å². The summed E-state index contributed by atoms with van der Waals surface area (Å²) >= 11 is 18.0. The normalized spacial score (nSPS) is 11.9. The van der Waals surface area contributed by atoms with Gasteiger partial charge in [0.15, 0.2) is 0 Å². The number of hydrogen-bond donors (Lipinski definition) is 2. The second-order valence-corrected chi connectivity index (χ2v) is 6.99. The minimum atomic E-state index is -0.540. The van der Waals surface area contributed by atoms with E-state index in [-0.39, 0.29) is 18.4 Å². The molecule has 0 bridgehead atoms. The van der Waals surface area contributed by atoms with E-state index in [1.807, 2.05) is 0 Å². The van der Waals surface area contributed by atoms with Gasteiger partial charge in [0.05, 0.1) is 28.3 Å². The average Bonchev–Trinajstić information content (AvgIpc) is 2.57. The molecule has 0 radical (unpaired) electrons. The lowest BCUT2D eigenvalue weighted by atomic mass is 10.2. The van der Waals surface area contributed by atoms with Gasteiger partial charge < -0.3 is 10.6 Å². The van der Waals surface area contributed by atoms with Gasteiger partial charge in [-0.05, 0) is 44.3 Å². The molecule has 26 heavy (non-hydrogen) atoms. The van der Waals surface area contributed by atoms with E-state index < -0.39 is 6.04 Å². The first-order chi connectivity index (χ1) is 12.3. The fourth-order valence-electron chi connectivity index (χ4n) is 2.17. The third-order valence-corrected chi connectivity index (χ3v) is 4.62. The van der Waals surface area contributed by atoms with E-state index in [9.17, 15) is 9.59 Å². The molecule has 0 aliphatic rings. The third kappa shape index (κ3) is 5.61. The van der Waals surface area contributed by atoms with Crippen LogP contribution in [0.4, 0.5) is 11.4 Å². The van der Waals surface area contributed by atoms with Crippen LogP contribution in [0.3, 0.4) is 0 Å². The summed E-state index contributed by atoms with van der Waals surface area (Å²) in [5, 5.41) is 6.65. The maximum Gasteiger partial charge on any atom is 0.241 e. The molecule has 0 aliphatic heterocycles. The smallest absolute Gasteiger partial charge is 0.241 e. The van der Waals surface area contributed by atoms with E-state index in [0.717, 1.165) is 0 Å². The molecule has 8 heteroatoms. The third-order valence-electron chi connectivity index (χ3n) is 3.75.